The van der Waals surface area contributed by atoms with E-state index in [9.17, 15) is 4.79 Å². The van der Waals surface area contributed by atoms with Crippen LogP contribution in [0.5, 0.6) is 0 Å². The number of thioether (sulfide) groups is 1. The molecule has 1 rings (SSSR count). The first-order valence-electron chi connectivity index (χ1n) is 5.72. The molecule has 1 N–H and O–H groups in total. The zero-order valence-electron chi connectivity index (χ0n) is 10.2. The summed E-state index contributed by atoms with van der Waals surface area (Å²) in [7, 11) is 0. The number of hydrogen-bond donors (Lipinski definition) is 1. The van der Waals surface area contributed by atoms with Crippen LogP contribution >= 0.6 is 11.8 Å². The average Bonchev–Trinajstić information content (AvgIpc) is 2.64. The zero-order valence-corrected chi connectivity index (χ0v) is 11.0. The topological polar surface area (TPSA) is 76.2 Å². The fourth-order valence-corrected chi connectivity index (χ4v) is 2.14. The maximum absolute atomic E-state index is 10.5. The normalized spacial score (nSPS) is 12.6. The molecule has 0 saturated carbocycles. The summed E-state index contributed by atoms with van der Waals surface area (Å²) in [5.41, 5.74) is 0. The molecule has 1 aromatic heterocycles. The van der Waals surface area contributed by atoms with Crippen molar-refractivity contribution in [3.05, 3.63) is 11.7 Å². The van der Waals surface area contributed by atoms with Gasteiger partial charge in [-0.2, -0.15) is 16.7 Å². The lowest BCUT2D eigenvalue weighted by Gasteiger charge is -2.03. The van der Waals surface area contributed by atoms with Crippen LogP contribution in [-0.2, 0) is 17.0 Å². The van der Waals surface area contributed by atoms with Gasteiger partial charge in [0, 0.05) is 12.8 Å². The smallest absolute Gasteiger partial charge is 0.303 e. The van der Waals surface area contributed by atoms with Crippen LogP contribution in [-0.4, -0.2) is 27.0 Å². The quantitative estimate of drug-likeness (QED) is 0.721. The lowest BCUT2D eigenvalue weighted by molar-refractivity contribution is -0.137. The van der Waals surface area contributed by atoms with Crippen LogP contribution in [0, 0.1) is 5.92 Å². The van der Waals surface area contributed by atoms with Crippen LogP contribution < -0.4 is 0 Å². The van der Waals surface area contributed by atoms with Crippen molar-refractivity contribution in [3.63, 3.8) is 0 Å². The third kappa shape index (κ3) is 5.72. The lowest BCUT2D eigenvalue weighted by Crippen LogP contribution is -2.07. The first kappa shape index (κ1) is 14.0. The lowest BCUT2D eigenvalue weighted by atomic mass is 10.0. The fourth-order valence-electron chi connectivity index (χ4n) is 1.41. The molecule has 96 valence electrons. The van der Waals surface area contributed by atoms with Crippen molar-refractivity contribution in [3.8, 4) is 0 Å². The molecule has 1 atom stereocenters. The molecule has 1 heterocycles. The summed E-state index contributed by atoms with van der Waals surface area (Å²) < 4.78 is 5.08. The second-order valence-corrected chi connectivity index (χ2v) is 5.17. The molecule has 0 radical (unpaired) electrons. The molecule has 1 aromatic rings. The van der Waals surface area contributed by atoms with E-state index in [2.05, 4.69) is 17.1 Å². The number of nitrogens with zero attached hydrogens (tertiary/aromatic N) is 2. The van der Waals surface area contributed by atoms with Crippen molar-refractivity contribution < 1.29 is 14.4 Å². The second kappa shape index (κ2) is 7.32. The van der Waals surface area contributed by atoms with Gasteiger partial charge in [-0.25, -0.2) is 0 Å². The molecule has 0 spiro atoms. The summed E-state index contributed by atoms with van der Waals surface area (Å²) in [6, 6.07) is 0. The predicted molar refractivity (Wildman–Crippen MR) is 65.9 cm³/mol. The van der Waals surface area contributed by atoms with E-state index in [0.29, 0.717) is 18.1 Å². The van der Waals surface area contributed by atoms with E-state index in [-0.39, 0.29) is 12.3 Å². The summed E-state index contributed by atoms with van der Waals surface area (Å²) in [4.78, 5) is 14.7. The monoisotopic (exact) mass is 258 g/mol. The molecule has 0 bridgehead atoms. The van der Waals surface area contributed by atoms with Gasteiger partial charge in [-0.1, -0.05) is 19.0 Å². The van der Waals surface area contributed by atoms with Crippen LogP contribution in [0.3, 0.4) is 0 Å². The minimum absolute atomic E-state index is 0.0177. The second-order valence-electron chi connectivity index (χ2n) is 4.06. The molecular formula is C11H18N2O3S. The zero-order chi connectivity index (χ0) is 12.7. The van der Waals surface area contributed by atoms with Gasteiger partial charge in [-0.05, 0) is 18.1 Å². The Balaban J connectivity index is 2.37. The highest BCUT2D eigenvalue weighted by atomic mass is 32.2. The number of carboxylic acids is 1. The number of carboxylic acid groups (broad SMARTS) is 1. The summed E-state index contributed by atoms with van der Waals surface area (Å²) in [5.74, 6) is 2.29. The van der Waals surface area contributed by atoms with E-state index < -0.39 is 5.97 Å². The summed E-state index contributed by atoms with van der Waals surface area (Å²) >= 11 is 1.77. The Hall–Kier alpha value is -1.04. The number of hydrogen-bond acceptors (Lipinski definition) is 5. The van der Waals surface area contributed by atoms with Crippen molar-refractivity contribution in [1.82, 2.24) is 10.1 Å². The Morgan fingerprint density at radius 2 is 2.35 bits per heavy atom. The summed E-state index contributed by atoms with van der Waals surface area (Å²) in [6.07, 6.45) is 1.78. The van der Waals surface area contributed by atoms with E-state index in [1.165, 1.54) is 0 Å². The highest BCUT2D eigenvalue weighted by Gasteiger charge is 2.13. The first-order chi connectivity index (χ1) is 8.11. The molecule has 0 aliphatic rings. The average molecular weight is 258 g/mol. The van der Waals surface area contributed by atoms with E-state index in [1.54, 1.807) is 11.8 Å². The number of aromatic nitrogens is 2. The molecule has 17 heavy (non-hydrogen) atoms. The molecule has 5 nitrogen and oxygen atoms in total. The van der Waals surface area contributed by atoms with Gasteiger partial charge in [-0.15, -0.1) is 0 Å². The summed E-state index contributed by atoms with van der Waals surface area (Å²) in [5, 5.41) is 12.5. The van der Waals surface area contributed by atoms with Crippen LogP contribution in [0.1, 0.15) is 38.4 Å². The Morgan fingerprint density at radius 3 is 3.00 bits per heavy atom. The van der Waals surface area contributed by atoms with E-state index in [1.807, 2.05) is 6.92 Å². The van der Waals surface area contributed by atoms with E-state index in [4.69, 9.17) is 9.63 Å². The van der Waals surface area contributed by atoms with Crippen molar-refractivity contribution in [2.75, 3.05) is 5.75 Å². The van der Waals surface area contributed by atoms with Gasteiger partial charge >= 0.3 is 5.97 Å². The van der Waals surface area contributed by atoms with Crippen molar-refractivity contribution in [2.24, 2.45) is 5.92 Å². The summed E-state index contributed by atoms with van der Waals surface area (Å²) in [6.45, 7) is 3.99. The minimum atomic E-state index is -0.796. The minimum Gasteiger partial charge on any atom is -0.481 e. The van der Waals surface area contributed by atoms with Crippen LogP contribution in [0.2, 0.25) is 0 Å². The molecular weight excluding hydrogens is 240 g/mol. The van der Waals surface area contributed by atoms with Crippen LogP contribution in [0.15, 0.2) is 4.52 Å². The third-order valence-corrected chi connectivity index (χ3v) is 3.30. The van der Waals surface area contributed by atoms with Gasteiger partial charge in [0.25, 0.3) is 0 Å². The van der Waals surface area contributed by atoms with Gasteiger partial charge < -0.3 is 9.63 Å². The van der Waals surface area contributed by atoms with Gasteiger partial charge in [-0.3, -0.25) is 4.79 Å². The number of rotatable bonds is 8. The molecule has 0 saturated heterocycles. The molecule has 0 aliphatic heterocycles. The maximum atomic E-state index is 10.5. The van der Waals surface area contributed by atoms with E-state index >= 15 is 0 Å². The number of aliphatic carboxylic acids is 1. The van der Waals surface area contributed by atoms with Crippen LogP contribution in [0.4, 0.5) is 0 Å². The van der Waals surface area contributed by atoms with Gasteiger partial charge in [0.1, 0.15) is 0 Å². The molecule has 1 unspecified atom stereocenters. The maximum Gasteiger partial charge on any atom is 0.303 e. The molecule has 0 amide bonds. The largest absolute Gasteiger partial charge is 0.481 e. The van der Waals surface area contributed by atoms with Gasteiger partial charge in [0.15, 0.2) is 5.82 Å². The molecule has 0 fully saturated rings. The third-order valence-electron chi connectivity index (χ3n) is 2.14. The fraction of sp³-hybridized carbons (Fsp3) is 0.727. The van der Waals surface area contributed by atoms with Gasteiger partial charge in [0.2, 0.25) is 5.89 Å². The standard InChI is InChI=1S/C11H18N2O3S/c1-3-4-17-7-9-12-10(16-13-9)5-8(2)6-11(14)15/h8H,3-7H2,1-2H3,(H,14,15). The Labute approximate surface area is 105 Å². The first-order valence-corrected chi connectivity index (χ1v) is 6.88. The van der Waals surface area contributed by atoms with Crippen LogP contribution in [0.25, 0.3) is 0 Å². The Bertz CT molecular complexity index is 354. The molecule has 0 aromatic carbocycles. The Morgan fingerprint density at radius 1 is 1.59 bits per heavy atom. The molecule has 6 heteroatoms. The van der Waals surface area contributed by atoms with Crippen molar-refractivity contribution >= 4 is 17.7 Å². The van der Waals surface area contributed by atoms with Gasteiger partial charge in [0.05, 0.1) is 5.75 Å². The highest BCUT2D eigenvalue weighted by Crippen LogP contribution is 2.13. The predicted octanol–water partition coefficient (Wildman–Crippen LogP) is 2.37. The van der Waals surface area contributed by atoms with Crippen molar-refractivity contribution in [2.45, 2.75) is 38.9 Å². The van der Waals surface area contributed by atoms with E-state index in [0.717, 1.165) is 17.9 Å². The highest BCUT2D eigenvalue weighted by molar-refractivity contribution is 7.98. The SMILES string of the molecule is CCCSCc1noc(CC(C)CC(=O)O)n1. The number of carbonyl (C=O) groups is 1. The molecule has 0 aliphatic carbocycles. The Kier molecular flexibility index (Phi) is 6.04. The van der Waals surface area contributed by atoms with Crippen molar-refractivity contribution in [1.29, 1.82) is 0 Å².